The molecule has 3 atom stereocenters. The van der Waals surface area contributed by atoms with Crippen molar-refractivity contribution in [1.29, 1.82) is 0 Å². The van der Waals surface area contributed by atoms with Gasteiger partial charge in [-0.2, -0.15) is 0 Å². The Hall–Kier alpha value is -0.790. The van der Waals surface area contributed by atoms with Crippen molar-refractivity contribution >= 4 is 22.7 Å². The summed E-state index contributed by atoms with van der Waals surface area (Å²) >= 11 is 3.57. The van der Waals surface area contributed by atoms with Crippen LogP contribution in [0.15, 0.2) is 23.7 Å². The zero-order valence-corrected chi connectivity index (χ0v) is 15.7. The molecule has 1 aliphatic carbocycles. The van der Waals surface area contributed by atoms with Crippen LogP contribution in [0.1, 0.15) is 27.6 Å². The smallest absolute Gasteiger partial charge is 0.118 e. The number of nitrogens with zero attached hydrogens (tertiary/aromatic N) is 2. The molecule has 2 fully saturated rings. The van der Waals surface area contributed by atoms with Gasteiger partial charge in [0.1, 0.15) is 5.01 Å². The van der Waals surface area contributed by atoms with E-state index in [0.717, 1.165) is 31.3 Å². The summed E-state index contributed by atoms with van der Waals surface area (Å²) in [4.78, 5) is 9.77. The van der Waals surface area contributed by atoms with Gasteiger partial charge >= 0.3 is 0 Å². The number of thiazole rings is 1. The summed E-state index contributed by atoms with van der Waals surface area (Å²) < 4.78 is 12.1. The number of thiophene rings is 1. The highest BCUT2D eigenvalue weighted by atomic mass is 32.1. The number of morpholine rings is 1. The predicted octanol–water partition coefficient (Wildman–Crippen LogP) is 3.71. The van der Waals surface area contributed by atoms with Gasteiger partial charge in [-0.3, -0.25) is 4.90 Å². The second kappa shape index (κ2) is 7.62. The molecule has 0 radical (unpaired) electrons. The maximum atomic E-state index is 6.14. The lowest BCUT2D eigenvalue weighted by atomic mass is 10.0. The molecule has 4 nitrogen and oxygen atoms in total. The number of ether oxygens (including phenoxy) is 2. The van der Waals surface area contributed by atoms with Crippen molar-refractivity contribution < 1.29 is 9.47 Å². The van der Waals surface area contributed by atoms with Gasteiger partial charge in [0.25, 0.3) is 0 Å². The molecule has 1 saturated carbocycles. The molecule has 0 aromatic carbocycles. The molecule has 3 heterocycles. The Kier molecular flexibility index (Phi) is 5.29. The Labute approximate surface area is 151 Å². The van der Waals surface area contributed by atoms with Gasteiger partial charge < -0.3 is 9.47 Å². The van der Waals surface area contributed by atoms with Gasteiger partial charge in [-0.05, 0) is 31.9 Å². The van der Waals surface area contributed by atoms with Crippen molar-refractivity contribution in [3.63, 3.8) is 0 Å². The van der Waals surface area contributed by atoms with E-state index in [0.29, 0.717) is 24.7 Å². The molecule has 0 amide bonds. The largest absolute Gasteiger partial charge is 0.375 e. The summed E-state index contributed by atoms with van der Waals surface area (Å²) in [6.45, 7) is 6.55. The molecule has 2 aromatic rings. The van der Waals surface area contributed by atoms with Gasteiger partial charge in [0, 0.05) is 46.4 Å². The van der Waals surface area contributed by atoms with Gasteiger partial charge in [-0.1, -0.05) is 0 Å². The minimum atomic E-state index is 0.330. The first kappa shape index (κ1) is 16.7. The summed E-state index contributed by atoms with van der Waals surface area (Å²) in [6, 6.07) is 5.05. The van der Waals surface area contributed by atoms with Crippen LogP contribution >= 0.6 is 22.7 Å². The molecule has 0 spiro atoms. The third kappa shape index (κ3) is 3.73. The van der Waals surface area contributed by atoms with Gasteiger partial charge in [0.2, 0.25) is 0 Å². The first-order valence-corrected chi connectivity index (χ1v) is 10.4. The fraction of sp³-hybridized carbons (Fsp3) is 0.611. The van der Waals surface area contributed by atoms with Crippen molar-refractivity contribution in [3.05, 3.63) is 38.5 Å². The molecule has 6 heteroatoms. The molecule has 0 unspecified atom stereocenters. The van der Waals surface area contributed by atoms with Crippen LogP contribution in [-0.4, -0.2) is 41.8 Å². The second-order valence-corrected chi connectivity index (χ2v) is 9.02. The summed E-state index contributed by atoms with van der Waals surface area (Å²) in [5.41, 5.74) is 0. The number of rotatable bonds is 6. The minimum Gasteiger partial charge on any atom is -0.375 e. The quantitative estimate of drug-likeness (QED) is 0.783. The monoisotopic (exact) mass is 364 g/mol. The lowest BCUT2D eigenvalue weighted by Crippen LogP contribution is -2.50. The first-order chi connectivity index (χ1) is 11.8. The van der Waals surface area contributed by atoms with Crippen LogP contribution in [-0.2, 0) is 22.6 Å². The third-order valence-corrected chi connectivity index (χ3v) is 6.77. The number of hydrogen-bond donors (Lipinski definition) is 0. The van der Waals surface area contributed by atoms with E-state index in [9.17, 15) is 0 Å². The van der Waals surface area contributed by atoms with Crippen molar-refractivity contribution in [2.45, 2.75) is 45.1 Å². The van der Waals surface area contributed by atoms with Crippen LogP contribution in [0.2, 0.25) is 0 Å². The second-order valence-electron chi connectivity index (χ2n) is 6.66. The van der Waals surface area contributed by atoms with Gasteiger partial charge in [0.05, 0.1) is 25.9 Å². The maximum Gasteiger partial charge on any atom is 0.118 e. The van der Waals surface area contributed by atoms with Crippen molar-refractivity contribution in [2.24, 2.45) is 5.92 Å². The molecular weight excluding hydrogens is 340 g/mol. The van der Waals surface area contributed by atoms with Crippen LogP contribution < -0.4 is 0 Å². The number of fused-ring (bicyclic) bond motifs is 1. The minimum absolute atomic E-state index is 0.330. The normalized spacial score (nSPS) is 27.5. The summed E-state index contributed by atoms with van der Waals surface area (Å²) in [6.07, 6.45) is 4.59. The fourth-order valence-electron chi connectivity index (χ4n) is 3.90. The van der Waals surface area contributed by atoms with Gasteiger partial charge in [-0.15, -0.1) is 22.7 Å². The SMILES string of the molecule is Cc1ccc(CN2CCO[C@@H]3[C@@H](COCc4nccs4)CC[C@H]32)s1. The lowest BCUT2D eigenvalue weighted by Gasteiger charge is -2.39. The highest BCUT2D eigenvalue weighted by molar-refractivity contribution is 7.11. The summed E-state index contributed by atoms with van der Waals surface area (Å²) in [7, 11) is 0. The van der Waals surface area contributed by atoms with E-state index in [4.69, 9.17) is 9.47 Å². The van der Waals surface area contributed by atoms with E-state index in [-0.39, 0.29) is 0 Å². The van der Waals surface area contributed by atoms with Crippen LogP contribution in [0.4, 0.5) is 0 Å². The highest BCUT2D eigenvalue weighted by Gasteiger charge is 2.42. The average Bonchev–Trinajstić information content (AvgIpc) is 3.30. The van der Waals surface area contributed by atoms with Crippen molar-refractivity contribution in [3.8, 4) is 0 Å². The molecule has 0 bridgehead atoms. The standard InChI is InChI=1S/C18H24N2O2S2/c1-13-2-4-15(24-13)10-20-7-8-22-18-14(3-5-16(18)20)11-21-12-17-19-6-9-23-17/h2,4,6,9,14,16,18H,3,5,7-8,10-12H2,1H3/t14-,16-,18-/m1/s1. The number of aromatic nitrogens is 1. The molecule has 4 rings (SSSR count). The van der Waals surface area contributed by atoms with E-state index in [2.05, 4.69) is 28.9 Å². The third-order valence-electron chi connectivity index (χ3n) is 5.03. The zero-order valence-electron chi connectivity index (χ0n) is 14.0. The Morgan fingerprint density at radius 3 is 3.12 bits per heavy atom. The molecule has 130 valence electrons. The molecule has 1 saturated heterocycles. The van der Waals surface area contributed by atoms with Crippen molar-refractivity contribution in [1.82, 2.24) is 9.88 Å². The van der Waals surface area contributed by atoms with E-state index in [1.165, 1.54) is 22.6 Å². The summed E-state index contributed by atoms with van der Waals surface area (Å²) in [5, 5.41) is 3.06. The topological polar surface area (TPSA) is 34.6 Å². The molecule has 2 aliphatic rings. The molecule has 2 aromatic heterocycles. The highest BCUT2D eigenvalue weighted by Crippen LogP contribution is 2.36. The Morgan fingerprint density at radius 2 is 2.33 bits per heavy atom. The number of aryl methyl sites for hydroxylation is 1. The average molecular weight is 365 g/mol. The lowest BCUT2D eigenvalue weighted by molar-refractivity contribution is -0.0889. The van der Waals surface area contributed by atoms with Crippen LogP contribution in [0, 0.1) is 12.8 Å². The Balaban J connectivity index is 1.32. The zero-order chi connectivity index (χ0) is 16.4. The number of hydrogen-bond acceptors (Lipinski definition) is 6. The summed E-state index contributed by atoms with van der Waals surface area (Å²) in [5.74, 6) is 0.517. The van der Waals surface area contributed by atoms with E-state index < -0.39 is 0 Å². The van der Waals surface area contributed by atoms with Crippen LogP contribution in [0.3, 0.4) is 0 Å². The van der Waals surface area contributed by atoms with Crippen LogP contribution in [0.25, 0.3) is 0 Å². The van der Waals surface area contributed by atoms with E-state index >= 15 is 0 Å². The van der Waals surface area contributed by atoms with E-state index in [1.54, 1.807) is 11.3 Å². The maximum absolute atomic E-state index is 6.14. The predicted molar refractivity (Wildman–Crippen MR) is 97.5 cm³/mol. The fourth-order valence-corrected chi connectivity index (χ4v) is 5.37. The molecular formula is C18H24N2O2S2. The van der Waals surface area contributed by atoms with Crippen LogP contribution in [0.5, 0.6) is 0 Å². The Morgan fingerprint density at radius 1 is 1.38 bits per heavy atom. The molecule has 0 N–H and O–H groups in total. The van der Waals surface area contributed by atoms with Gasteiger partial charge in [0.15, 0.2) is 0 Å². The first-order valence-electron chi connectivity index (χ1n) is 8.66. The molecule has 24 heavy (non-hydrogen) atoms. The van der Waals surface area contributed by atoms with E-state index in [1.807, 2.05) is 22.9 Å². The molecule has 1 aliphatic heterocycles. The van der Waals surface area contributed by atoms with Gasteiger partial charge in [-0.25, -0.2) is 4.98 Å². The Bertz CT molecular complexity index is 643. The van der Waals surface area contributed by atoms with Crippen molar-refractivity contribution in [2.75, 3.05) is 19.8 Å².